The first-order chi connectivity index (χ1) is 19.2. The van der Waals surface area contributed by atoms with Crippen LogP contribution in [-0.2, 0) is 23.9 Å². The molecule has 1 fully saturated rings. The number of nitrogens with one attached hydrogen (secondary N) is 3. The van der Waals surface area contributed by atoms with Crippen LogP contribution in [0.15, 0.2) is 83.6 Å². The highest BCUT2D eigenvalue weighted by Gasteiger charge is 2.35. The molecule has 2 heterocycles. The predicted molar refractivity (Wildman–Crippen MR) is 139 cm³/mol. The zero-order valence-corrected chi connectivity index (χ0v) is 21.2. The Labute approximate surface area is 227 Å². The Morgan fingerprint density at radius 2 is 1.68 bits per heavy atom. The Morgan fingerprint density at radius 1 is 0.950 bits per heavy atom. The molecule has 2 aromatic carbocycles. The molecule has 0 aliphatic heterocycles. The third-order valence-corrected chi connectivity index (χ3v) is 6.56. The topological polar surface area (TPSA) is 113 Å². The Balaban J connectivity index is 1.19. The Hall–Kier alpha value is -4.74. The third-order valence-electron chi connectivity index (χ3n) is 6.56. The quantitative estimate of drug-likeness (QED) is 0.258. The summed E-state index contributed by atoms with van der Waals surface area (Å²) in [6, 6.07) is 17.4. The van der Waals surface area contributed by atoms with E-state index in [-0.39, 0.29) is 29.1 Å². The summed E-state index contributed by atoms with van der Waals surface area (Å²) in [6.07, 6.45) is 0.521. The summed E-state index contributed by atoms with van der Waals surface area (Å²) >= 11 is 0. The van der Waals surface area contributed by atoms with Crippen LogP contribution in [0.4, 0.5) is 35.2 Å². The first kappa shape index (κ1) is 26.9. The van der Waals surface area contributed by atoms with E-state index in [4.69, 9.17) is 4.52 Å². The molecular weight excluding hydrogens is 525 g/mol. The van der Waals surface area contributed by atoms with Crippen LogP contribution in [0.3, 0.4) is 0 Å². The van der Waals surface area contributed by atoms with Gasteiger partial charge in [0, 0.05) is 23.5 Å². The number of carbonyl (C=O) groups excluding carboxylic acids is 2. The maximum Gasteiger partial charge on any atom is 0.416 e. The third kappa shape index (κ3) is 7.01. The average molecular weight is 552 g/mol. The van der Waals surface area contributed by atoms with E-state index in [1.54, 1.807) is 18.3 Å². The van der Waals surface area contributed by atoms with Crippen LogP contribution >= 0.6 is 0 Å². The van der Waals surface area contributed by atoms with E-state index >= 15 is 0 Å². The Morgan fingerprint density at radius 3 is 2.38 bits per heavy atom. The molecule has 12 heteroatoms. The number of aromatic nitrogens is 3. The van der Waals surface area contributed by atoms with Crippen LogP contribution in [0.25, 0.3) is 0 Å². The number of hydrogen-bond acceptors (Lipinski definition) is 5. The fraction of sp³-hybridized carbons (Fsp3) is 0.250. The normalized spacial score (nSPS) is 16.6. The summed E-state index contributed by atoms with van der Waals surface area (Å²) in [5.41, 5.74) is 0.674. The van der Waals surface area contributed by atoms with E-state index in [0.717, 1.165) is 18.6 Å². The second-order valence-corrected chi connectivity index (χ2v) is 9.67. The molecule has 0 atom stereocenters. The molecule has 1 aliphatic rings. The molecule has 2 aromatic heterocycles. The highest BCUT2D eigenvalue weighted by Crippen LogP contribution is 2.38. The van der Waals surface area contributed by atoms with Crippen molar-refractivity contribution in [2.75, 3.05) is 16.0 Å². The summed E-state index contributed by atoms with van der Waals surface area (Å²) in [7, 11) is 0. The monoisotopic (exact) mass is 551 g/mol. The number of amides is 3. The zero-order chi connectivity index (χ0) is 28.1. The molecular formula is C28H26F3N6O3+. The first-order valence-electron chi connectivity index (χ1n) is 12.6. The summed E-state index contributed by atoms with van der Waals surface area (Å²) in [4.78, 5) is 29.4. The van der Waals surface area contributed by atoms with Gasteiger partial charge in [-0.15, -0.1) is 0 Å². The molecule has 5 rings (SSSR count). The number of rotatable bonds is 8. The number of nitrogens with zero attached hydrogens (tertiary/aromatic N) is 3. The van der Waals surface area contributed by atoms with Gasteiger partial charge in [0.2, 0.25) is 17.7 Å². The van der Waals surface area contributed by atoms with Gasteiger partial charge < -0.3 is 10.6 Å². The number of urea groups is 1. The van der Waals surface area contributed by atoms with Crippen LogP contribution in [0, 0.1) is 11.8 Å². The van der Waals surface area contributed by atoms with Crippen LogP contribution in [0.2, 0.25) is 0 Å². The number of benzene rings is 2. The summed E-state index contributed by atoms with van der Waals surface area (Å²) in [6.45, 7) is 0.290. The van der Waals surface area contributed by atoms with E-state index in [2.05, 4.69) is 26.2 Å². The minimum atomic E-state index is -4.69. The SMILES string of the molecule is O=C(Nc1cc(NC(=O)C2CC(Cc3ccccc3)C2)cc(C(F)(F)F)c1)Nc1c[n+](Cc2ccccn2)no1. The van der Waals surface area contributed by atoms with Crippen molar-refractivity contribution in [3.63, 3.8) is 0 Å². The maximum absolute atomic E-state index is 13.6. The van der Waals surface area contributed by atoms with Crippen LogP contribution in [-0.4, -0.2) is 22.2 Å². The van der Waals surface area contributed by atoms with Gasteiger partial charge >= 0.3 is 18.1 Å². The fourth-order valence-corrected chi connectivity index (χ4v) is 4.58. The molecule has 4 aromatic rings. The molecule has 40 heavy (non-hydrogen) atoms. The lowest BCUT2D eigenvalue weighted by Gasteiger charge is -2.34. The van der Waals surface area contributed by atoms with E-state index in [0.29, 0.717) is 31.0 Å². The van der Waals surface area contributed by atoms with E-state index in [1.165, 1.54) is 22.5 Å². The molecule has 1 aliphatic carbocycles. The maximum atomic E-state index is 13.6. The van der Waals surface area contributed by atoms with Crippen molar-refractivity contribution in [1.82, 2.24) is 10.3 Å². The molecule has 3 N–H and O–H groups in total. The predicted octanol–water partition coefficient (Wildman–Crippen LogP) is 5.28. The number of halogens is 3. The molecule has 1 saturated carbocycles. The minimum absolute atomic E-state index is 0.0241. The summed E-state index contributed by atoms with van der Waals surface area (Å²) in [5, 5.41) is 11.1. The van der Waals surface area contributed by atoms with Crippen molar-refractivity contribution in [2.45, 2.75) is 32.0 Å². The number of hydrogen-bond donors (Lipinski definition) is 3. The molecule has 206 valence electrons. The van der Waals surface area contributed by atoms with Gasteiger partial charge in [0.05, 0.1) is 5.56 Å². The highest BCUT2D eigenvalue weighted by atomic mass is 19.4. The summed E-state index contributed by atoms with van der Waals surface area (Å²) in [5.74, 6) is -0.311. The van der Waals surface area contributed by atoms with Gasteiger partial charge in [-0.25, -0.2) is 4.79 Å². The highest BCUT2D eigenvalue weighted by molar-refractivity contribution is 6.00. The number of alkyl halides is 3. The van der Waals surface area contributed by atoms with Crippen molar-refractivity contribution in [3.8, 4) is 0 Å². The van der Waals surface area contributed by atoms with Gasteiger partial charge in [-0.1, -0.05) is 36.4 Å². The van der Waals surface area contributed by atoms with Crippen molar-refractivity contribution >= 4 is 29.2 Å². The Bertz CT molecular complexity index is 1470. The van der Waals surface area contributed by atoms with Gasteiger partial charge in [0.1, 0.15) is 5.69 Å². The molecule has 3 amide bonds. The lowest BCUT2D eigenvalue weighted by atomic mass is 9.71. The van der Waals surface area contributed by atoms with Gasteiger partial charge in [-0.05, 0) is 65.8 Å². The largest absolute Gasteiger partial charge is 0.416 e. The van der Waals surface area contributed by atoms with Crippen molar-refractivity contribution in [2.24, 2.45) is 11.8 Å². The van der Waals surface area contributed by atoms with Crippen LogP contribution < -0.4 is 20.6 Å². The molecule has 0 unspecified atom stereocenters. The summed E-state index contributed by atoms with van der Waals surface area (Å²) < 4.78 is 47.2. The molecule has 0 saturated heterocycles. The Kier molecular flexibility index (Phi) is 7.76. The second kappa shape index (κ2) is 11.6. The lowest BCUT2D eigenvalue weighted by Crippen LogP contribution is -2.35. The molecule has 0 bridgehead atoms. The van der Waals surface area contributed by atoms with Crippen LogP contribution in [0.5, 0.6) is 0 Å². The average Bonchev–Trinajstić information content (AvgIpc) is 3.32. The van der Waals surface area contributed by atoms with E-state index in [9.17, 15) is 22.8 Å². The standard InChI is InChI=1S/C28H25F3N6O3/c29-28(30,31)21-13-23(33-26(38)20-11-19(12-20)10-18-6-2-1-3-7-18)15-24(14-21)34-27(39)35-25-17-37(36-40-25)16-22-8-4-5-9-32-22/h1-9,13-15,17,19-20H,10-12,16H2,(H2-,33,34,35,36,38,39)/p+1. The number of anilines is 3. The lowest BCUT2D eigenvalue weighted by molar-refractivity contribution is -0.755. The number of carbonyl (C=O) groups is 2. The van der Waals surface area contributed by atoms with Crippen molar-refractivity contribution in [3.05, 3.63) is 95.9 Å². The molecule has 9 nitrogen and oxygen atoms in total. The van der Waals surface area contributed by atoms with E-state index in [1.807, 2.05) is 36.4 Å². The smallest absolute Gasteiger partial charge is 0.326 e. The second-order valence-electron chi connectivity index (χ2n) is 9.67. The van der Waals surface area contributed by atoms with Crippen molar-refractivity contribution in [1.29, 1.82) is 0 Å². The molecule has 0 radical (unpaired) electrons. The zero-order valence-electron chi connectivity index (χ0n) is 21.2. The molecule has 0 spiro atoms. The first-order valence-corrected chi connectivity index (χ1v) is 12.6. The minimum Gasteiger partial charge on any atom is -0.326 e. The van der Waals surface area contributed by atoms with Gasteiger partial charge in [0.25, 0.3) is 6.20 Å². The van der Waals surface area contributed by atoms with Gasteiger partial charge in [-0.3, -0.25) is 19.6 Å². The van der Waals surface area contributed by atoms with E-state index < -0.39 is 17.8 Å². The van der Waals surface area contributed by atoms with Crippen LogP contribution in [0.1, 0.15) is 29.7 Å². The van der Waals surface area contributed by atoms with Crippen molar-refractivity contribution < 1.29 is 32.0 Å². The fourth-order valence-electron chi connectivity index (χ4n) is 4.58. The number of pyridine rings is 1. The van der Waals surface area contributed by atoms with Gasteiger partial charge in [0.15, 0.2) is 0 Å². The van der Waals surface area contributed by atoms with Gasteiger partial charge in [-0.2, -0.15) is 13.2 Å².